The zero-order chi connectivity index (χ0) is 11.5. The van der Waals surface area contributed by atoms with Crippen molar-refractivity contribution in [2.24, 2.45) is 0 Å². The molecular weight excluding hydrogens is 272 g/mol. The first-order valence-corrected chi connectivity index (χ1v) is 5.43. The van der Waals surface area contributed by atoms with Crippen LogP contribution in [0.25, 0.3) is 11.3 Å². The predicted octanol–water partition coefficient (Wildman–Crippen LogP) is 3.50. The van der Waals surface area contributed by atoms with Crippen LogP contribution in [0.3, 0.4) is 0 Å². The molecule has 2 rings (SSSR count). The highest BCUT2D eigenvalue weighted by Gasteiger charge is 2.12. The van der Waals surface area contributed by atoms with Crippen molar-refractivity contribution in [2.45, 2.75) is 0 Å². The van der Waals surface area contributed by atoms with Crippen LogP contribution in [-0.4, -0.2) is 13.1 Å². The van der Waals surface area contributed by atoms with E-state index in [4.69, 9.17) is 4.42 Å². The van der Waals surface area contributed by atoms with Gasteiger partial charge >= 0.3 is 5.97 Å². The van der Waals surface area contributed by atoms with Crippen molar-refractivity contribution in [1.82, 2.24) is 0 Å². The van der Waals surface area contributed by atoms with Gasteiger partial charge in [0.1, 0.15) is 5.76 Å². The van der Waals surface area contributed by atoms with Crippen molar-refractivity contribution in [1.29, 1.82) is 0 Å². The van der Waals surface area contributed by atoms with Gasteiger partial charge in [0.05, 0.1) is 18.9 Å². The topological polar surface area (TPSA) is 39.4 Å². The number of ether oxygens (including phenoxy) is 1. The van der Waals surface area contributed by atoms with E-state index in [1.165, 1.54) is 7.11 Å². The molecule has 0 radical (unpaired) electrons. The molecule has 4 heteroatoms. The minimum atomic E-state index is -0.375. The van der Waals surface area contributed by atoms with E-state index in [0.717, 1.165) is 11.3 Å². The first-order chi connectivity index (χ1) is 7.72. The van der Waals surface area contributed by atoms with Crippen molar-refractivity contribution in [3.63, 3.8) is 0 Å². The van der Waals surface area contributed by atoms with Gasteiger partial charge in [-0.1, -0.05) is 6.07 Å². The Balaban J connectivity index is 2.47. The molecular formula is C12H9BrO3. The monoisotopic (exact) mass is 280 g/mol. The lowest BCUT2D eigenvalue weighted by atomic mass is 10.1. The van der Waals surface area contributed by atoms with E-state index in [2.05, 4.69) is 20.7 Å². The molecule has 3 nitrogen and oxygen atoms in total. The molecule has 0 unspecified atom stereocenters. The molecule has 0 spiro atoms. The van der Waals surface area contributed by atoms with Crippen molar-refractivity contribution in [3.05, 3.63) is 46.6 Å². The number of furan rings is 1. The third-order valence-electron chi connectivity index (χ3n) is 2.18. The van der Waals surface area contributed by atoms with Crippen molar-refractivity contribution >= 4 is 21.9 Å². The van der Waals surface area contributed by atoms with Gasteiger partial charge in [0.25, 0.3) is 0 Å². The Hall–Kier alpha value is -1.55. The van der Waals surface area contributed by atoms with Crippen molar-refractivity contribution in [3.8, 4) is 11.3 Å². The maximum Gasteiger partial charge on any atom is 0.339 e. The molecule has 2 aromatic rings. The maximum atomic E-state index is 11.5. The van der Waals surface area contributed by atoms with Gasteiger partial charge in [-0.2, -0.15) is 0 Å². The third-order valence-corrected chi connectivity index (χ3v) is 2.87. The number of benzene rings is 1. The zero-order valence-electron chi connectivity index (χ0n) is 8.57. The standard InChI is InChI=1S/C12H9BrO3/c1-15-12(14)9-7-8(4-5-10(9)13)11-3-2-6-16-11/h2-7H,1H3. The maximum absolute atomic E-state index is 11.5. The second-order valence-electron chi connectivity index (χ2n) is 3.16. The SMILES string of the molecule is COC(=O)c1cc(-c2ccco2)ccc1Br. The molecule has 0 amide bonds. The molecule has 82 valence electrons. The summed E-state index contributed by atoms with van der Waals surface area (Å²) in [5.74, 6) is 0.345. The lowest BCUT2D eigenvalue weighted by Gasteiger charge is -2.04. The summed E-state index contributed by atoms with van der Waals surface area (Å²) in [6.45, 7) is 0. The number of esters is 1. The lowest BCUT2D eigenvalue weighted by molar-refractivity contribution is 0.0600. The summed E-state index contributed by atoms with van der Waals surface area (Å²) in [5, 5.41) is 0. The van der Waals surface area contributed by atoms with Crippen LogP contribution in [0.15, 0.2) is 45.5 Å². The predicted molar refractivity (Wildman–Crippen MR) is 63.2 cm³/mol. The van der Waals surface area contributed by atoms with Crippen LogP contribution in [0.4, 0.5) is 0 Å². The zero-order valence-corrected chi connectivity index (χ0v) is 10.2. The summed E-state index contributed by atoms with van der Waals surface area (Å²) in [6, 6.07) is 9.04. The summed E-state index contributed by atoms with van der Waals surface area (Å²) < 4.78 is 10.7. The molecule has 0 fully saturated rings. The van der Waals surface area contributed by atoms with E-state index in [1.807, 2.05) is 12.1 Å². The molecule has 16 heavy (non-hydrogen) atoms. The average Bonchev–Trinajstić information content (AvgIpc) is 2.82. The van der Waals surface area contributed by atoms with Gasteiger partial charge in [-0.25, -0.2) is 4.79 Å². The van der Waals surface area contributed by atoms with Crippen molar-refractivity contribution < 1.29 is 13.9 Å². The van der Waals surface area contributed by atoms with E-state index in [0.29, 0.717) is 10.0 Å². The largest absolute Gasteiger partial charge is 0.465 e. The van der Waals surface area contributed by atoms with E-state index in [1.54, 1.807) is 24.5 Å². The number of hydrogen-bond donors (Lipinski definition) is 0. The number of halogens is 1. The number of methoxy groups -OCH3 is 1. The van der Waals surface area contributed by atoms with Crippen LogP contribution < -0.4 is 0 Å². The Kier molecular flexibility index (Phi) is 3.10. The molecule has 0 saturated carbocycles. The van der Waals surface area contributed by atoms with Gasteiger partial charge < -0.3 is 9.15 Å². The fourth-order valence-corrected chi connectivity index (χ4v) is 1.80. The van der Waals surface area contributed by atoms with Crippen molar-refractivity contribution in [2.75, 3.05) is 7.11 Å². The fraction of sp³-hybridized carbons (Fsp3) is 0.0833. The second kappa shape index (κ2) is 4.53. The van der Waals surface area contributed by atoms with Gasteiger partial charge in [0.15, 0.2) is 0 Å². The van der Waals surface area contributed by atoms with Crippen LogP contribution in [0.2, 0.25) is 0 Å². The average molecular weight is 281 g/mol. The minimum absolute atomic E-state index is 0.375. The molecule has 1 aromatic heterocycles. The number of carbonyl (C=O) groups is 1. The van der Waals surface area contributed by atoms with Crippen LogP contribution in [-0.2, 0) is 4.74 Å². The second-order valence-corrected chi connectivity index (χ2v) is 4.02. The van der Waals surface area contributed by atoms with Gasteiger partial charge in [-0.15, -0.1) is 0 Å². The normalized spacial score (nSPS) is 10.1. The van der Waals surface area contributed by atoms with Crippen LogP contribution in [0.1, 0.15) is 10.4 Å². The first-order valence-electron chi connectivity index (χ1n) is 4.64. The van der Waals surface area contributed by atoms with E-state index >= 15 is 0 Å². The Labute approximate surface area is 101 Å². The molecule has 0 aliphatic rings. The lowest BCUT2D eigenvalue weighted by Crippen LogP contribution is -2.02. The Morgan fingerprint density at radius 1 is 1.38 bits per heavy atom. The molecule has 0 saturated heterocycles. The summed E-state index contributed by atoms with van der Waals surface area (Å²) in [5.41, 5.74) is 1.32. The Morgan fingerprint density at radius 2 is 2.19 bits per heavy atom. The number of hydrogen-bond acceptors (Lipinski definition) is 3. The van der Waals surface area contributed by atoms with E-state index < -0.39 is 0 Å². The summed E-state index contributed by atoms with van der Waals surface area (Å²) >= 11 is 3.30. The summed E-state index contributed by atoms with van der Waals surface area (Å²) in [4.78, 5) is 11.5. The summed E-state index contributed by atoms with van der Waals surface area (Å²) in [6.07, 6.45) is 1.59. The highest BCUT2D eigenvalue weighted by Crippen LogP contribution is 2.26. The van der Waals surface area contributed by atoms with Crippen LogP contribution >= 0.6 is 15.9 Å². The van der Waals surface area contributed by atoms with Gasteiger partial charge in [-0.05, 0) is 40.2 Å². The first kappa shape index (κ1) is 11.0. The van der Waals surface area contributed by atoms with E-state index in [-0.39, 0.29) is 5.97 Å². The third kappa shape index (κ3) is 2.02. The van der Waals surface area contributed by atoms with Gasteiger partial charge in [-0.3, -0.25) is 0 Å². The summed E-state index contributed by atoms with van der Waals surface area (Å²) in [7, 11) is 1.36. The number of carbonyl (C=O) groups excluding carboxylic acids is 1. The van der Waals surface area contributed by atoms with Crippen LogP contribution in [0.5, 0.6) is 0 Å². The Morgan fingerprint density at radius 3 is 2.81 bits per heavy atom. The molecule has 0 bridgehead atoms. The molecule has 0 aliphatic heterocycles. The van der Waals surface area contributed by atoms with Crippen LogP contribution in [0, 0.1) is 0 Å². The molecule has 1 heterocycles. The van der Waals surface area contributed by atoms with E-state index in [9.17, 15) is 4.79 Å². The highest BCUT2D eigenvalue weighted by molar-refractivity contribution is 9.10. The highest BCUT2D eigenvalue weighted by atomic mass is 79.9. The molecule has 0 N–H and O–H groups in total. The number of rotatable bonds is 2. The van der Waals surface area contributed by atoms with Gasteiger partial charge in [0.2, 0.25) is 0 Å². The molecule has 0 aliphatic carbocycles. The smallest absolute Gasteiger partial charge is 0.339 e. The molecule has 0 atom stereocenters. The minimum Gasteiger partial charge on any atom is -0.465 e. The fourth-order valence-electron chi connectivity index (χ4n) is 1.39. The molecule has 1 aromatic carbocycles. The Bertz CT molecular complexity index is 503. The van der Waals surface area contributed by atoms with Gasteiger partial charge in [0, 0.05) is 10.0 Å². The quantitative estimate of drug-likeness (QED) is 0.791.